The number of nitrogens with zero attached hydrogens (tertiary/aromatic N) is 3. The van der Waals surface area contributed by atoms with E-state index in [-0.39, 0.29) is 31.7 Å². The third kappa shape index (κ3) is 10.2. The van der Waals surface area contributed by atoms with Crippen molar-refractivity contribution in [2.45, 2.75) is 46.1 Å². The van der Waals surface area contributed by atoms with E-state index in [1.165, 1.54) is 12.8 Å². The minimum Gasteiger partial charge on any atom is -0.668 e. The largest absolute Gasteiger partial charge is 4.00 e. The first kappa shape index (κ1) is 22.1. The van der Waals surface area contributed by atoms with Crippen LogP contribution in [0, 0.1) is 17.8 Å². The molecule has 0 saturated heterocycles. The van der Waals surface area contributed by atoms with Gasteiger partial charge >= 0.3 is 26.2 Å². The van der Waals surface area contributed by atoms with Gasteiger partial charge in [-0.2, -0.15) is 53.0 Å². The second-order valence-corrected chi connectivity index (χ2v) is 6.17. The molecule has 2 unspecified atom stereocenters. The Morgan fingerprint density at radius 3 is 1.79 bits per heavy atom. The topological polar surface area (TPSA) is 42.3 Å². The maximum atomic E-state index is 4.73. The normalized spacial score (nSPS) is 23.5. The molecule has 4 heteroatoms. The van der Waals surface area contributed by atoms with Crippen molar-refractivity contribution in [3.63, 3.8) is 0 Å². The Labute approximate surface area is 140 Å². The van der Waals surface area contributed by atoms with Crippen molar-refractivity contribution in [1.29, 1.82) is 0 Å². The van der Waals surface area contributed by atoms with Crippen molar-refractivity contribution in [1.82, 2.24) is 0 Å². The molecule has 0 spiro atoms. The Morgan fingerprint density at radius 1 is 1.00 bits per heavy atom. The van der Waals surface area contributed by atoms with Crippen LogP contribution in [0.15, 0.2) is 0 Å². The first-order chi connectivity index (χ1) is 8.35. The van der Waals surface area contributed by atoms with Crippen molar-refractivity contribution in [3.05, 3.63) is 21.9 Å². The Morgan fingerprint density at radius 2 is 1.42 bits per heavy atom. The van der Waals surface area contributed by atoms with Gasteiger partial charge in [0.25, 0.3) is 0 Å². The summed E-state index contributed by atoms with van der Waals surface area (Å²) < 4.78 is 0. The Hall–Kier alpha value is 0.763. The van der Waals surface area contributed by atoms with Crippen LogP contribution in [-0.4, -0.2) is 39.8 Å². The van der Waals surface area contributed by atoms with E-state index >= 15 is 0 Å². The molecule has 3 nitrogen and oxygen atoms in total. The van der Waals surface area contributed by atoms with Gasteiger partial charge in [0, 0.05) is 0 Å². The smallest absolute Gasteiger partial charge is 0.668 e. The average Bonchev–Trinajstić information content (AvgIpc) is 2.59. The fourth-order valence-corrected chi connectivity index (χ4v) is 2.27. The zero-order valence-electron chi connectivity index (χ0n) is 13.8. The Kier molecular flexibility index (Phi) is 13.3. The van der Waals surface area contributed by atoms with Crippen LogP contribution in [0.1, 0.15) is 40.5 Å². The first-order valence-corrected chi connectivity index (χ1v) is 6.91. The summed E-state index contributed by atoms with van der Waals surface area (Å²) >= 11 is 0. The van der Waals surface area contributed by atoms with Gasteiger partial charge in [0.2, 0.25) is 0 Å². The Balaban J connectivity index is 0. The zero-order chi connectivity index (χ0) is 14.2. The van der Waals surface area contributed by atoms with Crippen LogP contribution in [0.2, 0.25) is 0 Å². The number of hydrogen-bond donors (Lipinski definition) is 0. The average molecular weight is 345 g/mol. The quantitative estimate of drug-likeness (QED) is 0.678. The minimum absolute atomic E-state index is 0. The van der Waals surface area contributed by atoms with Crippen LogP contribution in [0.3, 0.4) is 0 Å². The van der Waals surface area contributed by atoms with E-state index in [1.807, 2.05) is 7.05 Å². The molecule has 0 amide bonds. The van der Waals surface area contributed by atoms with Gasteiger partial charge in [-0.1, -0.05) is 33.6 Å². The summed E-state index contributed by atoms with van der Waals surface area (Å²) in [6, 6.07) is 0. The summed E-state index contributed by atoms with van der Waals surface area (Å²) in [5.41, 5.74) is 0.119. The molecule has 0 aromatic heterocycles. The van der Waals surface area contributed by atoms with E-state index in [0.29, 0.717) is 0 Å². The molecule has 2 atom stereocenters. The summed E-state index contributed by atoms with van der Waals surface area (Å²) in [7, 11) is 5.42. The molecule has 1 aliphatic rings. The van der Waals surface area contributed by atoms with Gasteiger partial charge in [0.15, 0.2) is 0 Å². The molecule has 110 valence electrons. The van der Waals surface area contributed by atoms with Gasteiger partial charge in [0.1, 0.15) is 0 Å². The van der Waals surface area contributed by atoms with Crippen molar-refractivity contribution in [3.8, 4) is 0 Å². The van der Waals surface area contributed by atoms with Crippen LogP contribution >= 0.6 is 0 Å². The van der Waals surface area contributed by atoms with Crippen molar-refractivity contribution in [2.75, 3.05) is 34.2 Å². The van der Waals surface area contributed by atoms with Gasteiger partial charge in [-0.15, -0.1) is 5.54 Å². The molecule has 0 aromatic carbocycles. The first-order valence-electron chi connectivity index (χ1n) is 6.91. The van der Waals surface area contributed by atoms with Crippen molar-refractivity contribution < 1.29 is 26.2 Å². The summed E-state index contributed by atoms with van der Waals surface area (Å²) in [4.78, 5) is 0. The maximum Gasteiger partial charge on any atom is 4.00 e. The third-order valence-corrected chi connectivity index (χ3v) is 3.34. The standard InChI is InChI=1S/C13H25N2.C2H6N.Zr/c1-10-11(8-14-5)6-7-12(10)9-15-13(2,3)4;1-3-2;/h11-12H,6-9H2,1-5H3;1-2H3;/q-3;-1;+4. The van der Waals surface area contributed by atoms with E-state index < -0.39 is 0 Å². The molecular formula is C15H31N3Zr. The van der Waals surface area contributed by atoms with E-state index in [1.54, 1.807) is 20.0 Å². The molecule has 0 heterocycles. The third-order valence-electron chi connectivity index (χ3n) is 3.34. The van der Waals surface area contributed by atoms with E-state index in [9.17, 15) is 0 Å². The van der Waals surface area contributed by atoms with Gasteiger partial charge in [-0.25, -0.2) is 0 Å². The van der Waals surface area contributed by atoms with Crippen LogP contribution in [0.25, 0.3) is 16.0 Å². The van der Waals surface area contributed by atoms with Crippen molar-refractivity contribution >= 4 is 0 Å². The van der Waals surface area contributed by atoms with Crippen LogP contribution in [-0.2, 0) is 26.2 Å². The summed E-state index contributed by atoms with van der Waals surface area (Å²) in [5, 5.41) is 12.5. The number of rotatable bonds is 4. The molecule has 1 rings (SSSR count). The van der Waals surface area contributed by atoms with Gasteiger partial charge in [-0.05, 0) is 0 Å². The van der Waals surface area contributed by atoms with Crippen LogP contribution in [0.4, 0.5) is 0 Å². The molecular weight excluding hydrogens is 313 g/mol. The molecule has 0 radical (unpaired) electrons. The summed E-state index contributed by atoms with van der Waals surface area (Å²) in [5.74, 6) is 3.08. The minimum atomic E-state index is 0. The van der Waals surface area contributed by atoms with E-state index in [2.05, 4.69) is 38.3 Å². The second-order valence-electron chi connectivity index (χ2n) is 6.17. The van der Waals surface area contributed by atoms with Gasteiger partial charge in [0.05, 0.1) is 0 Å². The van der Waals surface area contributed by atoms with Crippen molar-refractivity contribution in [2.24, 2.45) is 11.8 Å². The predicted molar refractivity (Wildman–Crippen MR) is 82.5 cm³/mol. The Bertz CT molecular complexity index is 204. The molecule has 1 saturated carbocycles. The number of hydrogen-bond acceptors (Lipinski definition) is 0. The van der Waals surface area contributed by atoms with Gasteiger partial charge in [-0.3, -0.25) is 0 Å². The monoisotopic (exact) mass is 343 g/mol. The molecule has 19 heavy (non-hydrogen) atoms. The van der Waals surface area contributed by atoms with E-state index in [4.69, 9.17) is 5.32 Å². The van der Waals surface area contributed by atoms with Crippen LogP contribution < -0.4 is 0 Å². The molecule has 0 bridgehead atoms. The molecule has 0 aromatic rings. The summed E-state index contributed by atoms with van der Waals surface area (Å²) in [6.45, 7) is 10.8. The van der Waals surface area contributed by atoms with Crippen LogP contribution in [0.5, 0.6) is 0 Å². The predicted octanol–water partition coefficient (Wildman–Crippen LogP) is 4.40. The molecule has 0 N–H and O–H groups in total. The molecule has 1 fully saturated rings. The zero-order valence-corrected chi connectivity index (χ0v) is 16.3. The second kappa shape index (κ2) is 11.4. The fraction of sp³-hybridized carbons (Fsp3) is 0.933. The fourth-order valence-electron chi connectivity index (χ4n) is 2.27. The summed E-state index contributed by atoms with van der Waals surface area (Å²) in [6.07, 6.45) is 2.62. The molecule has 1 aliphatic carbocycles. The van der Waals surface area contributed by atoms with Gasteiger partial charge < -0.3 is 21.9 Å². The molecule has 0 aliphatic heterocycles. The van der Waals surface area contributed by atoms with E-state index in [0.717, 1.165) is 24.9 Å². The SMILES string of the molecule is C[N-]C.C[N-]CC1CCC(C[N-]C(C)(C)C)[C-]1C.[Zr+4]. The maximum absolute atomic E-state index is 4.73.